The van der Waals surface area contributed by atoms with Gasteiger partial charge in [0.1, 0.15) is 0 Å². The zero-order valence-electron chi connectivity index (χ0n) is 14.2. The van der Waals surface area contributed by atoms with Crippen LogP contribution in [0, 0.1) is 0 Å². The number of hydrogen-bond donors (Lipinski definition) is 2. The molecule has 0 aliphatic heterocycles. The van der Waals surface area contributed by atoms with Crippen LogP contribution >= 0.6 is 11.6 Å². The highest BCUT2D eigenvalue weighted by molar-refractivity contribution is 7.89. The minimum Gasteiger partial charge on any atom is -0.324 e. The van der Waals surface area contributed by atoms with Crippen molar-refractivity contribution < 1.29 is 13.2 Å². The van der Waals surface area contributed by atoms with Gasteiger partial charge in [0.05, 0.1) is 11.4 Å². The number of sulfonamides is 1. The third-order valence-electron chi connectivity index (χ3n) is 3.79. The maximum absolute atomic E-state index is 12.2. The van der Waals surface area contributed by atoms with E-state index in [1.54, 1.807) is 12.1 Å². The third-order valence-corrected chi connectivity index (χ3v) is 5.43. The molecule has 2 aromatic rings. The van der Waals surface area contributed by atoms with Crippen LogP contribution in [0.25, 0.3) is 0 Å². The Hall–Kier alpha value is -1.89. The fourth-order valence-corrected chi connectivity index (χ4v) is 3.75. The molecule has 2 aromatic carbocycles. The Morgan fingerprint density at radius 2 is 1.64 bits per heavy atom. The van der Waals surface area contributed by atoms with Crippen molar-refractivity contribution in [2.75, 3.05) is 11.9 Å². The molecule has 0 atom stereocenters. The molecule has 0 unspecified atom stereocenters. The van der Waals surface area contributed by atoms with E-state index in [0.717, 1.165) is 29.7 Å². The number of hydrogen-bond acceptors (Lipinski definition) is 3. The lowest BCUT2D eigenvalue weighted by Gasteiger charge is -2.14. The molecule has 0 spiro atoms. The minimum atomic E-state index is -3.80. The van der Waals surface area contributed by atoms with Crippen LogP contribution in [0.15, 0.2) is 47.4 Å². The fourth-order valence-electron chi connectivity index (χ4n) is 2.46. The number of halogens is 1. The van der Waals surface area contributed by atoms with Crippen LogP contribution in [0.4, 0.5) is 5.69 Å². The van der Waals surface area contributed by atoms with Gasteiger partial charge in [-0.1, -0.05) is 49.7 Å². The molecule has 0 bridgehead atoms. The predicted octanol–water partition coefficient (Wildman–Crippen LogP) is 3.38. The average molecular weight is 381 g/mol. The Bertz CT molecular complexity index is 844. The van der Waals surface area contributed by atoms with E-state index in [1.165, 1.54) is 12.1 Å². The second-order valence-corrected chi connectivity index (χ2v) is 7.69. The fraction of sp³-hybridized carbons (Fsp3) is 0.278. The Labute approximate surface area is 153 Å². The lowest BCUT2D eigenvalue weighted by atomic mass is 10.0. The molecule has 25 heavy (non-hydrogen) atoms. The highest BCUT2D eigenvalue weighted by Crippen LogP contribution is 2.22. The zero-order chi connectivity index (χ0) is 18.4. The van der Waals surface area contributed by atoms with Gasteiger partial charge < -0.3 is 5.32 Å². The van der Waals surface area contributed by atoms with Crippen molar-refractivity contribution in [2.45, 2.75) is 31.6 Å². The van der Waals surface area contributed by atoms with Gasteiger partial charge >= 0.3 is 0 Å². The number of anilines is 1. The van der Waals surface area contributed by atoms with Gasteiger partial charge in [-0.3, -0.25) is 4.79 Å². The van der Waals surface area contributed by atoms with E-state index in [9.17, 15) is 13.2 Å². The van der Waals surface area contributed by atoms with Crippen molar-refractivity contribution in [1.29, 1.82) is 0 Å². The molecule has 0 saturated carbocycles. The smallest absolute Gasteiger partial charge is 0.241 e. The average Bonchev–Trinajstić information content (AvgIpc) is 2.60. The van der Waals surface area contributed by atoms with Crippen molar-refractivity contribution in [1.82, 2.24) is 4.72 Å². The first-order chi connectivity index (χ1) is 11.9. The van der Waals surface area contributed by atoms with E-state index in [0.29, 0.717) is 5.02 Å². The van der Waals surface area contributed by atoms with Crippen molar-refractivity contribution >= 4 is 33.2 Å². The van der Waals surface area contributed by atoms with Crippen LogP contribution in [0.3, 0.4) is 0 Å². The normalized spacial score (nSPS) is 11.3. The Kier molecular flexibility index (Phi) is 6.58. The molecular formula is C18H21ClN2O3S. The summed E-state index contributed by atoms with van der Waals surface area (Å²) in [5.74, 6) is -0.416. The topological polar surface area (TPSA) is 75.3 Å². The number of rotatable bonds is 7. The summed E-state index contributed by atoms with van der Waals surface area (Å²) in [6.45, 7) is 3.66. The number of para-hydroxylation sites is 1. The summed E-state index contributed by atoms with van der Waals surface area (Å²) in [4.78, 5) is 12.3. The van der Waals surface area contributed by atoms with Crippen molar-refractivity contribution in [3.8, 4) is 0 Å². The molecule has 0 aliphatic rings. The number of nitrogens with one attached hydrogen (secondary N) is 2. The van der Waals surface area contributed by atoms with E-state index in [2.05, 4.69) is 10.0 Å². The maximum Gasteiger partial charge on any atom is 0.241 e. The molecule has 5 nitrogen and oxygen atoms in total. The lowest BCUT2D eigenvalue weighted by Crippen LogP contribution is -2.33. The van der Waals surface area contributed by atoms with Gasteiger partial charge in [0, 0.05) is 10.7 Å². The summed E-state index contributed by atoms with van der Waals surface area (Å²) in [6.07, 6.45) is 1.55. The number of amides is 1. The maximum atomic E-state index is 12.2. The van der Waals surface area contributed by atoms with Gasteiger partial charge in [0.25, 0.3) is 0 Å². The molecule has 0 aromatic heterocycles. The number of carbonyl (C=O) groups excluding carboxylic acids is 1. The molecule has 0 aliphatic carbocycles. The summed E-state index contributed by atoms with van der Waals surface area (Å²) in [6, 6.07) is 11.7. The van der Waals surface area contributed by atoms with Gasteiger partial charge in [0.15, 0.2) is 0 Å². The van der Waals surface area contributed by atoms with Crippen LogP contribution in [0.5, 0.6) is 0 Å². The second-order valence-electron chi connectivity index (χ2n) is 5.49. The van der Waals surface area contributed by atoms with E-state index < -0.39 is 15.9 Å². The SMILES string of the molecule is CCc1cccc(CC)c1NC(=O)CNS(=O)(=O)c1cccc(Cl)c1. The van der Waals surface area contributed by atoms with Crippen LogP contribution < -0.4 is 10.0 Å². The summed E-state index contributed by atoms with van der Waals surface area (Å²) in [5.41, 5.74) is 2.80. The van der Waals surface area contributed by atoms with Crippen molar-refractivity contribution in [2.24, 2.45) is 0 Å². The highest BCUT2D eigenvalue weighted by atomic mass is 35.5. The van der Waals surface area contributed by atoms with E-state index in [1.807, 2.05) is 32.0 Å². The van der Waals surface area contributed by atoms with Gasteiger partial charge in [0.2, 0.25) is 15.9 Å². The number of carbonyl (C=O) groups is 1. The zero-order valence-corrected chi connectivity index (χ0v) is 15.7. The Balaban J connectivity index is 2.09. The van der Waals surface area contributed by atoms with Crippen LogP contribution in [-0.2, 0) is 27.7 Å². The van der Waals surface area contributed by atoms with Gasteiger partial charge in [-0.25, -0.2) is 13.1 Å². The number of aryl methyl sites for hydroxylation is 2. The van der Waals surface area contributed by atoms with Crippen LogP contribution in [-0.4, -0.2) is 20.9 Å². The van der Waals surface area contributed by atoms with Crippen LogP contribution in [0.2, 0.25) is 5.02 Å². The predicted molar refractivity (Wildman–Crippen MR) is 100 cm³/mol. The monoisotopic (exact) mass is 380 g/mol. The van der Waals surface area contributed by atoms with Gasteiger partial charge in [-0.15, -0.1) is 0 Å². The molecule has 0 radical (unpaired) electrons. The van der Waals surface area contributed by atoms with Crippen LogP contribution in [0.1, 0.15) is 25.0 Å². The molecule has 7 heteroatoms. The highest BCUT2D eigenvalue weighted by Gasteiger charge is 2.17. The first-order valence-corrected chi connectivity index (χ1v) is 9.89. The van der Waals surface area contributed by atoms with E-state index >= 15 is 0 Å². The Morgan fingerprint density at radius 1 is 1.04 bits per heavy atom. The van der Waals surface area contributed by atoms with Crippen molar-refractivity contribution in [3.05, 3.63) is 58.6 Å². The molecule has 0 heterocycles. The molecule has 1 amide bonds. The summed E-state index contributed by atoms with van der Waals surface area (Å²) in [7, 11) is -3.80. The summed E-state index contributed by atoms with van der Waals surface area (Å²) >= 11 is 5.82. The van der Waals surface area contributed by atoms with E-state index in [4.69, 9.17) is 11.6 Å². The van der Waals surface area contributed by atoms with Gasteiger partial charge in [-0.05, 0) is 42.2 Å². The molecule has 134 valence electrons. The first-order valence-electron chi connectivity index (χ1n) is 8.03. The standard InChI is InChI=1S/C18H21ClN2O3S/c1-3-13-7-5-8-14(4-2)18(13)21-17(22)12-20-25(23,24)16-10-6-9-15(19)11-16/h5-11,20H,3-4,12H2,1-2H3,(H,21,22). The first kappa shape index (κ1) is 19.4. The molecule has 0 saturated heterocycles. The third kappa shape index (κ3) is 5.04. The lowest BCUT2D eigenvalue weighted by molar-refractivity contribution is -0.115. The summed E-state index contributed by atoms with van der Waals surface area (Å²) in [5, 5.41) is 3.14. The second kappa shape index (κ2) is 8.47. The minimum absolute atomic E-state index is 0.0241. The molecular weight excluding hydrogens is 360 g/mol. The molecule has 0 fully saturated rings. The molecule has 2 rings (SSSR count). The summed E-state index contributed by atoms with van der Waals surface area (Å²) < 4.78 is 26.8. The van der Waals surface area contributed by atoms with Crippen molar-refractivity contribution in [3.63, 3.8) is 0 Å². The largest absolute Gasteiger partial charge is 0.324 e. The van der Waals surface area contributed by atoms with E-state index in [-0.39, 0.29) is 11.4 Å². The van der Waals surface area contributed by atoms with Gasteiger partial charge in [-0.2, -0.15) is 0 Å². The quantitative estimate of drug-likeness (QED) is 0.773. The Morgan fingerprint density at radius 3 is 2.20 bits per heavy atom. The number of benzene rings is 2. The molecule has 2 N–H and O–H groups in total.